The lowest BCUT2D eigenvalue weighted by atomic mass is 10.1. The number of hydrogen-bond donors (Lipinski definition) is 4. The number of amides is 1. The standard InChI is InChI=1S/C15H16N4O2/c16-14(19-21)11-3-1-10(2-4-11)9-18-13-7-5-12(6-8-13)15(17)20/h1-8,18,21H,9H2,(H2,16,19)(H2,17,20). The van der Waals surface area contributed by atoms with E-state index in [4.69, 9.17) is 16.7 Å². The normalized spacial score (nSPS) is 11.1. The number of primary amides is 1. The molecule has 6 N–H and O–H groups in total. The van der Waals surface area contributed by atoms with Gasteiger partial charge < -0.3 is 22.0 Å². The van der Waals surface area contributed by atoms with Crippen molar-refractivity contribution in [2.75, 3.05) is 5.32 Å². The number of amidine groups is 1. The molecule has 0 aliphatic carbocycles. The zero-order chi connectivity index (χ0) is 15.2. The molecule has 6 nitrogen and oxygen atoms in total. The van der Waals surface area contributed by atoms with Crippen LogP contribution in [0.1, 0.15) is 21.5 Å². The van der Waals surface area contributed by atoms with Crippen LogP contribution in [-0.4, -0.2) is 17.0 Å². The molecule has 0 aromatic heterocycles. The molecule has 0 unspecified atom stereocenters. The molecular formula is C15H16N4O2. The highest BCUT2D eigenvalue weighted by Gasteiger charge is 2.01. The van der Waals surface area contributed by atoms with Gasteiger partial charge in [-0.15, -0.1) is 0 Å². The quantitative estimate of drug-likeness (QED) is 0.288. The first-order chi connectivity index (χ1) is 10.1. The smallest absolute Gasteiger partial charge is 0.248 e. The Kier molecular flexibility index (Phi) is 4.40. The first kappa shape index (κ1) is 14.4. The van der Waals surface area contributed by atoms with Gasteiger partial charge in [-0.3, -0.25) is 4.79 Å². The van der Waals surface area contributed by atoms with E-state index in [2.05, 4.69) is 10.5 Å². The van der Waals surface area contributed by atoms with Crippen molar-refractivity contribution >= 4 is 17.4 Å². The Morgan fingerprint density at radius 2 is 1.57 bits per heavy atom. The van der Waals surface area contributed by atoms with E-state index in [9.17, 15) is 4.79 Å². The lowest BCUT2D eigenvalue weighted by molar-refractivity contribution is 0.100. The first-order valence-corrected chi connectivity index (χ1v) is 6.30. The zero-order valence-electron chi connectivity index (χ0n) is 11.3. The molecular weight excluding hydrogens is 268 g/mol. The van der Waals surface area contributed by atoms with Gasteiger partial charge in [-0.25, -0.2) is 0 Å². The Morgan fingerprint density at radius 3 is 2.10 bits per heavy atom. The average Bonchev–Trinajstić information content (AvgIpc) is 2.53. The van der Waals surface area contributed by atoms with Crippen molar-refractivity contribution in [1.29, 1.82) is 0 Å². The van der Waals surface area contributed by atoms with Gasteiger partial charge in [-0.2, -0.15) is 0 Å². The number of carbonyl (C=O) groups excluding carboxylic acids is 1. The Bertz CT molecular complexity index is 648. The van der Waals surface area contributed by atoms with Gasteiger partial charge in [-0.05, 0) is 29.8 Å². The molecule has 0 bridgehead atoms. The summed E-state index contributed by atoms with van der Waals surface area (Å²) >= 11 is 0. The minimum atomic E-state index is -0.444. The van der Waals surface area contributed by atoms with E-state index in [-0.39, 0.29) is 5.84 Å². The summed E-state index contributed by atoms with van der Waals surface area (Å²) in [5.74, 6) is -0.364. The minimum absolute atomic E-state index is 0.0801. The highest BCUT2D eigenvalue weighted by molar-refractivity contribution is 5.97. The number of nitrogens with two attached hydrogens (primary N) is 2. The van der Waals surface area contributed by atoms with E-state index in [1.165, 1.54) is 0 Å². The fourth-order valence-corrected chi connectivity index (χ4v) is 1.81. The summed E-state index contributed by atoms with van der Waals surface area (Å²) in [6.07, 6.45) is 0. The van der Waals surface area contributed by atoms with E-state index in [0.717, 1.165) is 11.3 Å². The van der Waals surface area contributed by atoms with Gasteiger partial charge in [0.1, 0.15) is 0 Å². The predicted octanol–water partition coefficient (Wildman–Crippen LogP) is 1.49. The van der Waals surface area contributed by atoms with Crippen LogP contribution >= 0.6 is 0 Å². The molecule has 0 atom stereocenters. The van der Waals surface area contributed by atoms with Crippen molar-refractivity contribution < 1.29 is 10.0 Å². The van der Waals surface area contributed by atoms with Gasteiger partial charge in [0.05, 0.1) is 0 Å². The molecule has 1 amide bonds. The number of benzene rings is 2. The van der Waals surface area contributed by atoms with Gasteiger partial charge in [0.25, 0.3) is 0 Å². The van der Waals surface area contributed by atoms with Crippen molar-refractivity contribution in [3.05, 3.63) is 65.2 Å². The number of anilines is 1. The third-order valence-electron chi connectivity index (χ3n) is 3.02. The largest absolute Gasteiger partial charge is 0.409 e. The van der Waals surface area contributed by atoms with Crippen LogP contribution in [0.5, 0.6) is 0 Å². The fraction of sp³-hybridized carbons (Fsp3) is 0.0667. The van der Waals surface area contributed by atoms with E-state index in [1.54, 1.807) is 36.4 Å². The molecule has 0 saturated carbocycles. The summed E-state index contributed by atoms with van der Waals surface area (Å²) in [5.41, 5.74) is 13.7. The maximum atomic E-state index is 11.0. The molecule has 0 saturated heterocycles. The van der Waals surface area contributed by atoms with Crippen molar-refractivity contribution in [2.24, 2.45) is 16.6 Å². The van der Waals surface area contributed by atoms with Crippen LogP contribution in [0.25, 0.3) is 0 Å². The molecule has 2 aromatic carbocycles. The average molecular weight is 284 g/mol. The minimum Gasteiger partial charge on any atom is -0.409 e. The van der Waals surface area contributed by atoms with Crippen LogP contribution in [-0.2, 0) is 6.54 Å². The third-order valence-corrected chi connectivity index (χ3v) is 3.02. The third kappa shape index (κ3) is 3.73. The second-order valence-electron chi connectivity index (χ2n) is 4.48. The maximum Gasteiger partial charge on any atom is 0.248 e. The van der Waals surface area contributed by atoms with Gasteiger partial charge in [0, 0.05) is 23.4 Å². The van der Waals surface area contributed by atoms with Crippen LogP contribution in [0, 0.1) is 0 Å². The predicted molar refractivity (Wildman–Crippen MR) is 81.2 cm³/mol. The Balaban J connectivity index is 1.98. The van der Waals surface area contributed by atoms with Crippen LogP contribution in [0.15, 0.2) is 53.7 Å². The lowest BCUT2D eigenvalue weighted by Gasteiger charge is -2.07. The summed E-state index contributed by atoms with van der Waals surface area (Å²) in [6, 6.07) is 14.3. The number of hydrogen-bond acceptors (Lipinski definition) is 4. The van der Waals surface area contributed by atoms with Crippen LogP contribution < -0.4 is 16.8 Å². The van der Waals surface area contributed by atoms with Gasteiger partial charge in [-0.1, -0.05) is 29.4 Å². The number of nitrogens with zero attached hydrogens (tertiary/aromatic N) is 1. The van der Waals surface area contributed by atoms with Gasteiger partial charge in [0.15, 0.2) is 5.84 Å². The highest BCUT2D eigenvalue weighted by Crippen LogP contribution is 2.11. The molecule has 6 heteroatoms. The Morgan fingerprint density at radius 1 is 1.00 bits per heavy atom. The number of nitrogens with one attached hydrogen (secondary N) is 1. The summed E-state index contributed by atoms with van der Waals surface area (Å²) in [7, 11) is 0. The van der Waals surface area contributed by atoms with Crippen molar-refractivity contribution in [1.82, 2.24) is 0 Å². The van der Waals surface area contributed by atoms with Crippen molar-refractivity contribution in [2.45, 2.75) is 6.54 Å². The van der Waals surface area contributed by atoms with E-state index in [0.29, 0.717) is 17.7 Å². The van der Waals surface area contributed by atoms with Gasteiger partial charge >= 0.3 is 0 Å². The van der Waals surface area contributed by atoms with Crippen molar-refractivity contribution in [3.8, 4) is 0 Å². The number of rotatable bonds is 5. The van der Waals surface area contributed by atoms with Crippen molar-refractivity contribution in [3.63, 3.8) is 0 Å². The zero-order valence-corrected chi connectivity index (χ0v) is 11.3. The number of carbonyl (C=O) groups is 1. The van der Waals surface area contributed by atoms with E-state index >= 15 is 0 Å². The molecule has 108 valence electrons. The lowest BCUT2D eigenvalue weighted by Crippen LogP contribution is -2.13. The van der Waals surface area contributed by atoms with Crippen LogP contribution in [0.3, 0.4) is 0 Å². The molecule has 2 rings (SSSR count). The van der Waals surface area contributed by atoms with Gasteiger partial charge in [0.2, 0.25) is 5.91 Å². The Labute approximate surface area is 122 Å². The summed E-state index contributed by atoms with van der Waals surface area (Å²) < 4.78 is 0. The summed E-state index contributed by atoms with van der Waals surface area (Å²) in [6.45, 7) is 0.617. The van der Waals surface area contributed by atoms with Crippen LogP contribution in [0.2, 0.25) is 0 Å². The molecule has 2 aromatic rings. The SMILES string of the molecule is NC(=O)c1ccc(NCc2ccc(C(N)=NO)cc2)cc1. The Hall–Kier alpha value is -3.02. The molecule has 0 spiro atoms. The molecule has 0 aliphatic rings. The molecule has 0 aliphatic heterocycles. The first-order valence-electron chi connectivity index (χ1n) is 6.30. The van der Waals surface area contributed by atoms with E-state index < -0.39 is 5.91 Å². The monoisotopic (exact) mass is 284 g/mol. The summed E-state index contributed by atoms with van der Waals surface area (Å²) in [4.78, 5) is 11.0. The molecule has 0 fully saturated rings. The maximum absolute atomic E-state index is 11.0. The van der Waals surface area contributed by atoms with Crippen LogP contribution in [0.4, 0.5) is 5.69 Å². The van der Waals surface area contributed by atoms with E-state index in [1.807, 2.05) is 12.1 Å². The molecule has 0 radical (unpaired) electrons. The second kappa shape index (κ2) is 6.42. The highest BCUT2D eigenvalue weighted by atomic mass is 16.4. The summed E-state index contributed by atoms with van der Waals surface area (Å²) in [5, 5.41) is 14.8. The second-order valence-corrected chi connectivity index (χ2v) is 4.48. The fourth-order valence-electron chi connectivity index (χ4n) is 1.81. The number of oxime groups is 1. The topological polar surface area (TPSA) is 114 Å². The molecule has 21 heavy (non-hydrogen) atoms. The molecule has 0 heterocycles.